The molecule has 0 amide bonds. The Bertz CT molecular complexity index is 591. The molecule has 2 atom stereocenters. The Balaban J connectivity index is 1.78. The second-order valence-corrected chi connectivity index (χ2v) is 7.24. The highest BCUT2D eigenvalue weighted by Gasteiger charge is 2.26. The van der Waals surface area contributed by atoms with Crippen molar-refractivity contribution >= 4 is 28.6 Å². The summed E-state index contributed by atoms with van der Waals surface area (Å²) in [7, 11) is 1.45. The van der Waals surface area contributed by atoms with E-state index in [-0.39, 0.29) is 12.0 Å². The number of methoxy groups -OCH3 is 1. The number of carbonyl (C=O) groups excluding carboxylic acids is 1. The quantitative estimate of drug-likeness (QED) is 0.843. The number of carbonyl (C=O) groups is 1. The number of hydrogen-bond acceptors (Lipinski definition) is 5. The van der Waals surface area contributed by atoms with Gasteiger partial charge in [0, 0.05) is 15.8 Å². The second-order valence-electron chi connectivity index (χ2n) is 5.26. The first-order chi connectivity index (χ1) is 10.3. The molecule has 0 aliphatic heterocycles. The maximum atomic E-state index is 11.7. The Morgan fingerprint density at radius 2 is 2.33 bits per heavy atom. The molecule has 2 heterocycles. The Kier molecular flexibility index (Phi) is 4.73. The molecule has 1 aliphatic rings. The van der Waals surface area contributed by atoms with Crippen molar-refractivity contribution in [2.45, 2.75) is 37.8 Å². The second kappa shape index (κ2) is 6.73. The maximum Gasteiger partial charge on any atom is 0.307 e. The predicted octanol–water partition coefficient (Wildman–Crippen LogP) is 4.08. The Morgan fingerprint density at radius 3 is 3.10 bits per heavy atom. The average molecular weight is 321 g/mol. The molecule has 21 heavy (non-hydrogen) atoms. The lowest BCUT2D eigenvalue weighted by molar-refractivity contribution is -0.141. The van der Waals surface area contributed by atoms with Gasteiger partial charge in [0.15, 0.2) is 0 Å². The highest BCUT2D eigenvalue weighted by Crippen LogP contribution is 2.36. The van der Waals surface area contributed by atoms with E-state index in [1.54, 1.807) is 11.3 Å². The number of thiophene rings is 2. The normalized spacial score (nSPS) is 19.0. The van der Waals surface area contributed by atoms with Gasteiger partial charge >= 0.3 is 5.97 Å². The van der Waals surface area contributed by atoms with E-state index in [0.29, 0.717) is 12.5 Å². The van der Waals surface area contributed by atoms with Crippen molar-refractivity contribution in [1.29, 1.82) is 0 Å². The summed E-state index contributed by atoms with van der Waals surface area (Å²) in [6, 6.07) is 6.72. The average Bonchev–Trinajstić information content (AvgIpc) is 3.17. The molecule has 5 heteroatoms. The van der Waals surface area contributed by atoms with Crippen molar-refractivity contribution in [1.82, 2.24) is 5.32 Å². The molecule has 3 nitrogen and oxygen atoms in total. The van der Waals surface area contributed by atoms with Gasteiger partial charge < -0.3 is 10.1 Å². The number of ether oxygens (including phenoxy) is 1. The van der Waals surface area contributed by atoms with Crippen LogP contribution in [0.3, 0.4) is 0 Å². The Labute approximate surface area is 133 Å². The molecule has 2 unspecified atom stereocenters. The van der Waals surface area contributed by atoms with Crippen molar-refractivity contribution in [2.75, 3.05) is 7.11 Å². The molecular weight excluding hydrogens is 302 g/mol. The third-order valence-corrected chi connectivity index (χ3v) is 5.92. The van der Waals surface area contributed by atoms with Gasteiger partial charge in [-0.25, -0.2) is 0 Å². The molecule has 0 saturated carbocycles. The van der Waals surface area contributed by atoms with Crippen molar-refractivity contribution in [3.63, 3.8) is 0 Å². The van der Waals surface area contributed by atoms with Gasteiger partial charge in [-0.15, -0.1) is 22.7 Å². The van der Waals surface area contributed by atoms with Crippen LogP contribution in [-0.4, -0.2) is 13.1 Å². The van der Waals surface area contributed by atoms with E-state index >= 15 is 0 Å². The highest BCUT2D eigenvalue weighted by atomic mass is 32.1. The number of nitrogens with one attached hydrogen (secondary N) is 1. The molecule has 1 aliphatic carbocycles. The number of fused-ring (bicyclic) bond motifs is 1. The van der Waals surface area contributed by atoms with Crippen molar-refractivity contribution in [3.05, 3.63) is 44.3 Å². The molecule has 0 spiro atoms. The van der Waals surface area contributed by atoms with E-state index in [9.17, 15) is 4.79 Å². The lowest BCUT2D eigenvalue weighted by atomic mass is 9.93. The number of aryl methyl sites for hydroxylation is 1. The van der Waals surface area contributed by atoms with Crippen LogP contribution in [0.2, 0.25) is 0 Å². The smallest absolute Gasteiger partial charge is 0.307 e. The monoisotopic (exact) mass is 321 g/mol. The van der Waals surface area contributed by atoms with Gasteiger partial charge in [-0.2, -0.15) is 0 Å². The standard InChI is InChI=1S/C16H19NO2S2/c1-19-16(18)10-13(15-6-3-8-20-15)17-12-4-2-5-14-11(12)7-9-21-14/h3,6-9,12-13,17H,2,4-5,10H2,1H3. The molecule has 2 aromatic heterocycles. The lowest BCUT2D eigenvalue weighted by Gasteiger charge is -2.28. The molecule has 2 aromatic rings. The maximum absolute atomic E-state index is 11.7. The van der Waals surface area contributed by atoms with E-state index in [0.717, 1.165) is 6.42 Å². The van der Waals surface area contributed by atoms with Crippen LogP contribution in [-0.2, 0) is 16.0 Å². The van der Waals surface area contributed by atoms with Gasteiger partial charge in [-0.3, -0.25) is 4.79 Å². The molecule has 1 N–H and O–H groups in total. The van der Waals surface area contributed by atoms with Crippen LogP contribution in [0.5, 0.6) is 0 Å². The molecule has 0 saturated heterocycles. The molecule has 0 bridgehead atoms. The summed E-state index contributed by atoms with van der Waals surface area (Å²) in [5, 5.41) is 7.91. The van der Waals surface area contributed by atoms with E-state index in [2.05, 4.69) is 28.2 Å². The highest BCUT2D eigenvalue weighted by molar-refractivity contribution is 7.10. The van der Waals surface area contributed by atoms with Crippen LogP contribution in [0.4, 0.5) is 0 Å². The van der Waals surface area contributed by atoms with Crippen LogP contribution in [0.15, 0.2) is 29.0 Å². The largest absolute Gasteiger partial charge is 0.469 e. The minimum Gasteiger partial charge on any atom is -0.469 e. The number of esters is 1. The summed E-state index contributed by atoms with van der Waals surface area (Å²) in [5.74, 6) is -0.165. The first kappa shape index (κ1) is 14.8. The van der Waals surface area contributed by atoms with Gasteiger partial charge in [0.25, 0.3) is 0 Å². The van der Waals surface area contributed by atoms with E-state index < -0.39 is 0 Å². The summed E-state index contributed by atoms with van der Waals surface area (Å²) in [4.78, 5) is 14.4. The van der Waals surface area contributed by atoms with Gasteiger partial charge in [-0.1, -0.05) is 6.07 Å². The zero-order chi connectivity index (χ0) is 14.7. The summed E-state index contributed by atoms with van der Waals surface area (Å²) in [5.41, 5.74) is 1.41. The summed E-state index contributed by atoms with van der Waals surface area (Å²) < 4.78 is 4.85. The third-order valence-electron chi connectivity index (χ3n) is 3.94. The third kappa shape index (κ3) is 3.36. The molecule has 0 radical (unpaired) electrons. The zero-order valence-corrected chi connectivity index (χ0v) is 13.6. The minimum atomic E-state index is -0.165. The fraction of sp³-hybridized carbons (Fsp3) is 0.438. The first-order valence-corrected chi connectivity index (χ1v) is 8.96. The molecule has 3 rings (SSSR count). The zero-order valence-electron chi connectivity index (χ0n) is 12.0. The molecule has 112 valence electrons. The van der Waals surface area contributed by atoms with Crippen LogP contribution < -0.4 is 5.32 Å². The Hall–Kier alpha value is -1.17. The van der Waals surface area contributed by atoms with Crippen LogP contribution in [0.25, 0.3) is 0 Å². The number of hydrogen-bond donors (Lipinski definition) is 1. The van der Waals surface area contributed by atoms with Gasteiger partial charge in [0.2, 0.25) is 0 Å². The molecular formula is C16H19NO2S2. The topological polar surface area (TPSA) is 38.3 Å². The van der Waals surface area contributed by atoms with Crippen LogP contribution >= 0.6 is 22.7 Å². The first-order valence-electron chi connectivity index (χ1n) is 7.20. The van der Waals surface area contributed by atoms with E-state index in [4.69, 9.17) is 4.74 Å². The van der Waals surface area contributed by atoms with E-state index in [1.807, 2.05) is 17.4 Å². The van der Waals surface area contributed by atoms with Crippen LogP contribution in [0, 0.1) is 0 Å². The van der Waals surface area contributed by atoms with Crippen molar-refractivity contribution in [3.8, 4) is 0 Å². The van der Waals surface area contributed by atoms with Gasteiger partial charge in [0.05, 0.1) is 19.6 Å². The fourth-order valence-corrected chi connectivity index (χ4v) is 4.66. The Morgan fingerprint density at radius 1 is 1.43 bits per heavy atom. The number of rotatable bonds is 5. The summed E-state index contributed by atoms with van der Waals surface area (Å²) in [6.45, 7) is 0. The predicted molar refractivity (Wildman–Crippen MR) is 86.8 cm³/mol. The molecule has 0 aromatic carbocycles. The fourth-order valence-electron chi connectivity index (χ4n) is 2.88. The molecule has 0 fully saturated rings. The lowest BCUT2D eigenvalue weighted by Crippen LogP contribution is -2.30. The van der Waals surface area contributed by atoms with Crippen LogP contribution in [0.1, 0.15) is 46.7 Å². The minimum absolute atomic E-state index is 0.0355. The SMILES string of the molecule is COC(=O)CC(NC1CCCc2sccc21)c1cccs1. The van der Waals surface area contributed by atoms with Crippen molar-refractivity contribution in [2.24, 2.45) is 0 Å². The van der Waals surface area contributed by atoms with E-state index in [1.165, 1.54) is 35.3 Å². The van der Waals surface area contributed by atoms with Gasteiger partial charge in [0.1, 0.15) is 0 Å². The van der Waals surface area contributed by atoms with Gasteiger partial charge in [-0.05, 0) is 47.7 Å². The van der Waals surface area contributed by atoms with Crippen molar-refractivity contribution < 1.29 is 9.53 Å². The summed E-state index contributed by atoms with van der Waals surface area (Å²) >= 11 is 3.53. The summed E-state index contributed by atoms with van der Waals surface area (Å²) in [6.07, 6.45) is 3.91.